The monoisotopic (exact) mass is 220 g/mol. The van der Waals surface area contributed by atoms with E-state index in [0.717, 1.165) is 12.4 Å². The molecule has 6 heteroatoms. The first-order chi connectivity index (χ1) is 7.71. The van der Waals surface area contributed by atoms with Gasteiger partial charge in [0.05, 0.1) is 12.5 Å². The molecule has 1 aromatic heterocycles. The first-order valence-electron chi connectivity index (χ1n) is 5.15. The van der Waals surface area contributed by atoms with Gasteiger partial charge in [-0.15, -0.1) is 0 Å². The van der Waals surface area contributed by atoms with Crippen LogP contribution in [-0.4, -0.2) is 30.1 Å². The number of anilines is 3. The molecule has 0 unspecified atom stereocenters. The lowest BCUT2D eigenvalue weighted by Gasteiger charge is -2.21. The minimum absolute atomic E-state index is 0.234. The Hall–Kier alpha value is -2.03. The molecule has 0 saturated carbocycles. The summed E-state index contributed by atoms with van der Waals surface area (Å²) in [6, 6.07) is 3.93. The number of aromatic nitrogens is 2. The Labute approximate surface area is 95.1 Å². The molecule has 3 N–H and O–H groups in total. The van der Waals surface area contributed by atoms with E-state index in [0.29, 0.717) is 18.8 Å². The number of nitrogens with two attached hydrogens (primary N) is 1. The van der Waals surface area contributed by atoms with Gasteiger partial charge in [0.1, 0.15) is 11.6 Å². The van der Waals surface area contributed by atoms with Crippen LogP contribution >= 0.6 is 0 Å². The maximum Gasteiger partial charge on any atom is 0.223 e. The zero-order valence-electron chi connectivity index (χ0n) is 9.56. The quantitative estimate of drug-likeness (QED) is 0.764. The maximum atomic E-state index is 8.57. The van der Waals surface area contributed by atoms with E-state index in [4.69, 9.17) is 11.0 Å². The molecule has 0 fully saturated rings. The molecule has 1 heterocycles. The summed E-state index contributed by atoms with van der Waals surface area (Å²) in [7, 11) is 1.77. The molecule has 0 spiro atoms. The summed E-state index contributed by atoms with van der Waals surface area (Å²) in [6.07, 6.45) is 0.465. The van der Waals surface area contributed by atoms with Crippen molar-refractivity contribution in [2.24, 2.45) is 0 Å². The van der Waals surface area contributed by atoms with Crippen molar-refractivity contribution >= 4 is 17.6 Å². The molecule has 0 aliphatic rings. The molecule has 0 radical (unpaired) electrons. The molecule has 6 nitrogen and oxygen atoms in total. The third-order valence-electron chi connectivity index (χ3n) is 2.19. The number of nitrogens with one attached hydrogen (secondary N) is 1. The van der Waals surface area contributed by atoms with Gasteiger partial charge in [-0.3, -0.25) is 0 Å². The highest BCUT2D eigenvalue weighted by Crippen LogP contribution is 2.16. The van der Waals surface area contributed by atoms with E-state index >= 15 is 0 Å². The molecule has 16 heavy (non-hydrogen) atoms. The van der Waals surface area contributed by atoms with E-state index in [1.165, 1.54) is 0 Å². The molecule has 86 valence electrons. The highest BCUT2D eigenvalue weighted by atomic mass is 15.2. The Balaban J connectivity index is 2.91. The van der Waals surface area contributed by atoms with Crippen LogP contribution in [0, 0.1) is 11.3 Å². The van der Waals surface area contributed by atoms with Crippen molar-refractivity contribution in [2.75, 3.05) is 36.1 Å². The molecule has 0 saturated heterocycles. The predicted octanol–water partition coefficient (Wildman–Crippen LogP) is 0.840. The molecular weight excluding hydrogens is 204 g/mol. The summed E-state index contributed by atoms with van der Waals surface area (Å²) >= 11 is 0. The topological polar surface area (TPSA) is 90.9 Å². The number of nitriles is 1. The van der Waals surface area contributed by atoms with Crippen LogP contribution < -0.4 is 16.0 Å². The van der Waals surface area contributed by atoms with Crippen LogP contribution in [0.15, 0.2) is 6.07 Å². The van der Waals surface area contributed by atoms with Crippen LogP contribution in [0.25, 0.3) is 0 Å². The Morgan fingerprint density at radius 1 is 1.56 bits per heavy atom. The van der Waals surface area contributed by atoms with Crippen molar-refractivity contribution in [3.8, 4) is 6.07 Å². The Bertz CT molecular complexity index is 383. The Kier molecular flexibility index (Phi) is 4.33. The Morgan fingerprint density at radius 2 is 2.31 bits per heavy atom. The zero-order chi connectivity index (χ0) is 12.0. The van der Waals surface area contributed by atoms with Crippen molar-refractivity contribution in [3.05, 3.63) is 6.07 Å². The predicted molar refractivity (Wildman–Crippen MR) is 64.1 cm³/mol. The van der Waals surface area contributed by atoms with Crippen LogP contribution in [0.2, 0.25) is 0 Å². The van der Waals surface area contributed by atoms with Gasteiger partial charge in [-0.1, -0.05) is 0 Å². The normalized spacial score (nSPS) is 9.56. The molecule has 0 aliphatic carbocycles. The third-order valence-corrected chi connectivity index (χ3v) is 2.19. The largest absolute Gasteiger partial charge is 0.373 e. The van der Waals surface area contributed by atoms with Crippen molar-refractivity contribution in [2.45, 2.75) is 13.3 Å². The molecule has 1 rings (SSSR count). The zero-order valence-corrected chi connectivity index (χ0v) is 9.56. The summed E-state index contributed by atoms with van der Waals surface area (Å²) in [5.74, 6) is 1.66. The highest BCUT2D eigenvalue weighted by Gasteiger charge is 2.08. The minimum Gasteiger partial charge on any atom is -0.373 e. The standard InChI is InChI=1S/C10H16N6/c1-3-16(6-4-5-11)9-7-8(13-2)14-10(12)15-9/h7H,3-4,6H2,1-2H3,(H3,12,13,14,15). The highest BCUT2D eigenvalue weighted by molar-refractivity contribution is 5.52. The maximum absolute atomic E-state index is 8.57. The van der Waals surface area contributed by atoms with Crippen LogP contribution in [0.3, 0.4) is 0 Å². The fraction of sp³-hybridized carbons (Fsp3) is 0.500. The minimum atomic E-state index is 0.234. The number of hydrogen-bond acceptors (Lipinski definition) is 6. The van der Waals surface area contributed by atoms with Gasteiger partial charge in [0.25, 0.3) is 0 Å². The van der Waals surface area contributed by atoms with Gasteiger partial charge in [0.2, 0.25) is 5.95 Å². The number of nitrogens with zero attached hydrogens (tertiary/aromatic N) is 4. The van der Waals surface area contributed by atoms with E-state index in [-0.39, 0.29) is 5.95 Å². The van der Waals surface area contributed by atoms with Crippen molar-refractivity contribution in [3.63, 3.8) is 0 Å². The lowest BCUT2D eigenvalue weighted by Crippen LogP contribution is -2.25. The van der Waals surface area contributed by atoms with Crippen molar-refractivity contribution < 1.29 is 0 Å². The first kappa shape index (κ1) is 12.0. The Morgan fingerprint density at radius 3 is 2.88 bits per heavy atom. The van der Waals surface area contributed by atoms with Gasteiger partial charge in [0, 0.05) is 26.2 Å². The van der Waals surface area contributed by atoms with E-state index in [1.807, 2.05) is 17.9 Å². The summed E-state index contributed by atoms with van der Waals surface area (Å²) in [5.41, 5.74) is 5.60. The van der Waals surface area contributed by atoms with Gasteiger partial charge < -0.3 is 16.0 Å². The fourth-order valence-corrected chi connectivity index (χ4v) is 1.36. The lowest BCUT2D eigenvalue weighted by molar-refractivity contribution is 0.809. The van der Waals surface area contributed by atoms with E-state index in [1.54, 1.807) is 7.05 Å². The molecular formula is C10H16N6. The number of rotatable bonds is 5. The summed E-state index contributed by atoms with van der Waals surface area (Å²) < 4.78 is 0. The second kappa shape index (κ2) is 5.75. The van der Waals surface area contributed by atoms with Crippen molar-refractivity contribution in [1.82, 2.24) is 9.97 Å². The van der Waals surface area contributed by atoms with Crippen molar-refractivity contribution in [1.29, 1.82) is 5.26 Å². The summed E-state index contributed by atoms with van der Waals surface area (Å²) in [5, 5.41) is 11.5. The van der Waals surface area contributed by atoms with Gasteiger partial charge in [0.15, 0.2) is 0 Å². The molecule has 0 bridgehead atoms. The lowest BCUT2D eigenvalue weighted by atomic mass is 10.3. The van der Waals surface area contributed by atoms with Crippen LogP contribution in [-0.2, 0) is 0 Å². The summed E-state index contributed by atoms with van der Waals surface area (Å²) in [6.45, 7) is 3.43. The fourth-order valence-electron chi connectivity index (χ4n) is 1.36. The van der Waals surface area contributed by atoms with Crippen LogP contribution in [0.1, 0.15) is 13.3 Å². The second-order valence-electron chi connectivity index (χ2n) is 3.21. The first-order valence-corrected chi connectivity index (χ1v) is 5.15. The van der Waals surface area contributed by atoms with E-state index in [9.17, 15) is 0 Å². The van der Waals surface area contributed by atoms with Crippen LogP contribution in [0.5, 0.6) is 0 Å². The van der Waals surface area contributed by atoms with E-state index in [2.05, 4.69) is 21.4 Å². The second-order valence-corrected chi connectivity index (χ2v) is 3.21. The van der Waals surface area contributed by atoms with Gasteiger partial charge >= 0.3 is 0 Å². The number of nitrogen functional groups attached to an aromatic ring is 1. The average Bonchev–Trinajstić information content (AvgIpc) is 2.29. The molecule has 0 aromatic carbocycles. The SMILES string of the molecule is CCN(CCC#N)c1cc(NC)nc(N)n1. The van der Waals surface area contributed by atoms with Crippen LogP contribution in [0.4, 0.5) is 17.6 Å². The van der Waals surface area contributed by atoms with E-state index < -0.39 is 0 Å². The molecule has 0 amide bonds. The summed E-state index contributed by atoms with van der Waals surface area (Å²) in [4.78, 5) is 10.2. The van der Waals surface area contributed by atoms with Gasteiger partial charge in [-0.25, -0.2) is 0 Å². The molecule has 0 atom stereocenters. The molecule has 0 aliphatic heterocycles. The average molecular weight is 220 g/mol. The smallest absolute Gasteiger partial charge is 0.223 e. The van der Waals surface area contributed by atoms with Gasteiger partial charge in [-0.2, -0.15) is 15.2 Å². The third kappa shape index (κ3) is 2.98. The number of hydrogen-bond donors (Lipinski definition) is 2. The van der Waals surface area contributed by atoms with Gasteiger partial charge in [-0.05, 0) is 6.92 Å². The molecule has 1 aromatic rings.